The predicted octanol–water partition coefficient (Wildman–Crippen LogP) is 4.18. The highest BCUT2D eigenvalue weighted by Crippen LogP contribution is 2.26. The van der Waals surface area contributed by atoms with Crippen molar-refractivity contribution in [2.75, 3.05) is 26.2 Å². The van der Waals surface area contributed by atoms with Crippen LogP contribution in [0.25, 0.3) is 0 Å². The minimum atomic E-state index is -1.48. The highest BCUT2D eigenvalue weighted by atomic mass is 28.4. The van der Waals surface area contributed by atoms with Crippen molar-refractivity contribution < 1.29 is 0 Å². The van der Waals surface area contributed by atoms with E-state index in [0.29, 0.717) is 0 Å². The molecule has 0 fully saturated rings. The summed E-state index contributed by atoms with van der Waals surface area (Å²) in [4.78, 5) is 0. The van der Waals surface area contributed by atoms with Crippen LogP contribution in [0.4, 0.5) is 0 Å². The normalized spacial score (nSPS) is 13.3. The molecule has 0 radical (unpaired) electrons. The lowest BCUT2D eigenvalue weighted by Gasteiger charge is -2.46. The summed E-state index contributed by atoms with van der Waals surface area (Å²) < 4.78 is 5.52. The first kappa shape index (κ1) is 19.1. The Morgan fingerprint density at radius 3 is 1.42 bits per heavy atom. The first-order valence-electron chi connectivity index (χ1n) is 7.94. The fraction of sp³-hybridized carbons (Fsp3) is 0.867. The van der Waals surface area contributed by atoms with Crippen molar-refractivity contribution in [2.24, 2.45) is 0 Å². The first-order chi connectivity index (χ1) is 8.81. The fourth-order valence-corrected chi connectivity index (χ4v) is 11.4. The Labute approximate surface area is 124 Å². The van der Waals surface area contributed by atoms with Gasteiger partial charge in [-0.15, -0.1) is 12.3 Å². The van der Waals surface area contributed by atoms with Crippen molar-refractivity contribution in [1.29, 1.82) is 0 Å². The molecule has 0 saturated carbocycles. The molecule has 4 heteroatoms. The molecule has 0 atom stereocenters. The van der Waals surface area contributed by atoms with Crippen LogP contribution in [0, 0.1) is 0 Å². The van der Waals surface area contributed by atoms with Crippen LogP contribution in [0.3, 0.4) is 0 Å². The zero-order chi connectivity index (χ0) is 15.1. The van der Waals surface area contributed by atoms with Crippen LogP contribution in [0.1, 0.15) is 27.7 Å². The van der Waals surface area contributed by atoms with Gasteiger partial charge in [0.2, 0.25) is 8.40 Å². The summed E-state index contributed by atoms with van der Waals surface area (Å²) in [5, 5.41) is 0. The van der Waals surface area contributed by atoms with Crippen molar-refractivity contribution in [2.45, 2.75) is 59.4 Å². The fourth-order valence-electron chi connectivity index (χ4n) is 2.99. The molecule has 0 aromatic rings. The van der Waals surface area contributed by atoms with Crippen LogP contribution in [-0.2, 0) is 0 Å². The molecule has 0 amide bonds. The third-order valence-electron chi connectivity index (χ3n) is 4.68. The number of hydrogen-bond acceptors (Lipinski definition) is 2. The summed E-state index contributed by atoms with van der Waals surface area (Å²) in [5.41, 5.74) is 2.26. The number of nitrogens with zero attached hydrogens (tertiary/aromatic N) is 2. The SMILES string of the molecule is C=C[Si](C)(C)CC[Si](C)(N(CC)CC)N(CC)CC. The molecule has 0 unspecified atom stereocenters. The topological polar surface area (TPSA) is 6.48 Å². The van der Waals surface area contributed by atoms with Crippen LogP contribution < -0.4 is 0 Å². The van der Waals surface area contributed by atoms with Crippen molar-refractivity contribution >= 4 is 16.5 Å². The van der Waals surface area contributed by atoms with Crippen molar-refractivity contribution in [1.82, 2.24) is 9.13 Å². The molecule has 0 aromatic carbocycles. The van der Waals surface area contributed by atoms with Gasteiger partial charge in [0.15, 0.2) is 0 Å². The van der Waals surface area contributed by atoms with E-state index in [2.05, 4.69) is 68.7 Å². The second-order valence-corrected chi connectivity index (χ2v) is 15.3. The van der Waals surface area contributed by atoms with E-state index in [4.69, 9.17) is 0 Å². The van der Waals surface area contributed by atoms with Crippen LogP contribution >= 0.6 is 0 Å². The number of rotatable bonds is 10. The summed E-state index contributed by atoms with van der Waals surface area (Å²) in [6, 6.07) is 2.77. The second-order valence-electron chi connectivity index (χ2n) is 6.25. The highest BCUT2D eigenvalue weighted by molar-refractivity contribution is 6.84. The Morgan fingerprint density at radius 2 is 1.16 bits per heavy atom. The van der Waals surface area contributed by atoms with E-state index in [0.717, 1.165) is 0 Å². The zero-order valence-corrected chi connectivity index (χ0v) is 16.4. The van der Waals surface area contributed by atoms with E-state index in [-0.39, 0.29) is 0 Å². The first-order valence-corrected chi connectivity index (χ1v) is 13.8. The third-order valence-corrected chi connectivity index (χ3v) is 13.0. The molecule has 0 aliphatic rings. The van der Waals surface area contributed by atoms with E-state index in [9.17, 15) is 0 Å². The van der Waals surface area contributed by atoms with Crippen LogP contribution in [0.2, 0.25) is 31.7 Å². The quantitative estimate of drug-likeness (QED) is 0.559. The standard InChI is InChI=1S/C15H36N2Si2/c1-9-16(10-2)19(8,17(11-3)12-4)15-14-18(6,7)13-5/h13H,5,9-12,14-15H2,1-4,6-8H3. The maximum atomic E-state index is 4.05. The Bertz CT molecular complexity index is 247. The molecule has 19 heavy (non-hydrogen) atoms. The largest absolute Gasteiger partial charge is 0.312 e. The summed E-state index contributed by atoms with van der Waals surface area (Å²) in [5.74, 6) is 0. The van der Waals surface area contributed by atoms with Crippen LogP contribution in [0.5, 0.6) is 0 Å². The van der Waals surface area contributed by atoms with Gasteiger partial charge in [0.25, 0.3) is 0 Å². The third kappa shape index (κ3) is 5.17. The maximum absolute atomic E-state index is 4.05. The average molecular weight is 301 g/mol. The monoisotopic (exact) mass is 300 g/mol. The minimum absolute atomic E-state index is 1.18. The van der Waals surface area contributed by atoms with Gasteiger partial charge in [0, 0.05) is 0 Å². The molecule has 114 valence electrons. The van der Waals surface area contributed by atoms with Crippen molar-refractivity contribution in [3.63, 3.8) is 0 Å². The Morgan fingerprint density at radius 1 is 0.789 bits per heavy atom. The molecule has 0 rings (SSSR count). The van der Waals surface area contributed by atoms with Gasteiger partial charge >= 0.3 is 0 Å². The van der Waals surface area contributed by atoms with Crippen LogP contribution in [0.15, 0.2) is 12.3 Å². The van der Waals surface area contributed by atoms with E-state index in [1.165, 1.54) is 38.3 Å². The maximum Gasteiger partial charge on any atom is 0.203 e. The summed E-state index contributed by atoms with van der Waals surface area (Å²) in [7, 11) is -2.67. The second kappa shape index (κ2) is 8.40. The van der Waals surface area contributed by atoms with E-state index >= 15 is 0 Å². The Hall–Kier alpha value is 0.0938. The van der Waals surface area contributed by atoms with Gasteiger partial charge in [-0.25, -0.2) is 0 Å². The minimum Gasteiger partial charge on any atom is -0.312 e. The zero-order valence-electron chi connectivity index (χ0n) is 14.4. The Kier molecular flexibility index (Phi) is 8.44. The van der Waals surface area contributed by atoms with Crippen molar-refractivity contribution in [3.05, 3.63) is 12.3 Å². The molecular formula is C15H36N2Si2. The van der Waals surface area contributed by atoms with Gasteiger partial charge in [-0.1, -0.05) is 46.8 Å². The lowest BCUT2D eigenvalue weighted by atomic mass is 10.7. The summed E-state index contributed by atoms with van der Waals surface area (Å²) in [6.45, 7) is 25.5. The molecule has 0 heterocycles. The average Bonchev–Trinajstić information content (AvgIpc) is 2.39. The van der Waals surface area contributed by atoms with Gasteiger partial charge in [-0.2, -0.15) is 0 Å². The van der Waals surface area contributed by atoms with E-state index < -0.39 is 16.5 Å². The lowest BCUT2D eigenvalue weighted by Crippen LogP contribution is -2.63. The van der Waals surface area contributed by atoms with Gasteiger partial charge in [-0.3, -0.25) is 0 Å². The van der Waals surface area contributed by atoms with E-state index in [1.54, 1.807) is 0 Å². The number of hydrogen-bond donors (Lipinski definition) is 0. The van der Waals surface area contributed by atoms with Gasteiger partial charge in [0.1, 0.15) is 0 Å². The van der Waals surface area contributed by atoms with Gasteiger partial charge < -0.3 is 9.13 Å². The van der Waals surface area contributed by atoms with Crippen LogP contribution in [-0.4, -0.2) is 51.8 Å². The Balaban J connectivity index is 5.10. The lowest BCUT2D eigenvalue weighted by molar-refractivity contribution is 0.355. The molecule has 0 bridgehead atoms. The molecular weight excluding hydrogens is 264 g/mol. The van der Waals surface area contributed by atoms with E-state index in [1.807, 2.05) is 0 Å². The predicted molar refractivity (Wildman–Crippen MR) is 94.8 cm³/mol. The molecule has 2 nitrogen and oxygen atoms in total. The van der Waals surface area contributed by atoms with Gasteiger partial charge in [0.05, 0.1) is 8.07 Å². The molecule has 0 aliphatic carbocycles. The smallest absolute Gasteiger partial charge is 0.203 e. The van der Waals surface area contributed by atoms with Gasteiger partial charge in [-0.05, 0) is 38.8 Å². The van der Waals surface area contributed by atoms with Crippen molar-refractivity contribution in [3.8, 4) is 0 Å². The molecule has 0 aromatic heterocycles. The summed E-state index contributed by atoms with van der Waals surface area (Å²) >= 11 is 0. The molecule has 0 spiro atoms. The molecule has 0 saturated heterocycles. The summed E-state index contributed by atoms with van der Waals surface area (Å²) in [6.07, 6.45) is 0. The highest BCUT2D eigenvalue weighted by Gasteiger charge is 2.39. The molecule has 0 N–H and O–H groups in total. The molecule has 0 aliphatic heterocycles.